The van der Waals surface area contributed by atoms with E-state index in [4.69, 9.17) is 4.74 Å². The van der Waals surface area contributed by atoms with E-state index in [0.29, 0.717) is 41.4 Å². The molecule has 0 radical (unpaired) electrons. The minimum Gasteiger partial charge on any atom is -0.394 e. The summed E-state index contributed by atoms with van der Waals surface area (Å²) in [5.74, 6) is -1.40. The second-order valence-electron chi connectivity index (χ2n) is 13.9. The van der Waals surface area contributed by atoms with Gasteiger partial charge in [-0.05, 0) is 36.8 Å². The molecule has 4 amide bonds. The van der Waals surface area contributed by atoms with Gasteiger partial charge in [0, 0.05) is 72.5 Å². The Morgan fingerprint density at radius 1 is 0.828 bits per heavy atom. The zero-order chi connectivity index (χ0) is 41.2. The van der Waals surface area contributed by atoms with E-state index in [0.717, 1.165) is 0 Å². The number of aliphatic hydroxyl groups is 2. The molecule has 1 fully saturated rings. The molecule has 3 atom stereocenters. The molecule has 1 saturated heterocycles. The molecule has 6 aromatic rings. The molecule has 0 bridgehead atoms. The Bertz CT molecular complexity index is 2570. The number of nitrogens with one attached hydrogen (secondary N) is 6. The van der Waals surface area contributed by atoms with Crippen LogP contribution in [0.2, 0.25) is 0 Å². The lowest BCUT2D eigenvalue weighted by Gasteiger charge is -2.14. The first kappa shape index (κ1) is 39.3. The molecular formula is C37H43N13O8. The number of carbonyl (C=O) groups excluding carboxylic acids is 4. The highest BCUT2D eigenvalue weighted by molar-refractivity contribution is 6.08. The van der Waals surface area contributed by atoms with Crippen LogP contribution in [-0.4, -0.2) is 104 Å². The maximum Gasteiger partial charge on any atom is 0.280 e. The van der Waals surface area contributed by atoms with Gasteiger partial charge in [0.1, 0.15) is 35.1 Å². The zero-order valence-corrected chi connectivity index (χ0v) is 32.0. The van der Waals surface area contributed by atoms with E-state index < -0.39 is 35.8 Å². The van der Waals surface area contributed by atoms with Crippen LogP contribution >= 0.6 is 0 Å². The normalized spacial score (nSPS) is 16.4. The molecule has 7 rings (SSSR count). The number of fused-ring (bicyclic) bond motifs is 1. The molecule has 8 N–H and O–H groups in total. The Balaban J connectivity index is 0.893. The molecule has 0 unspecified atom stereocenters. The van der Waals surface area contributed by atoms with E-state index in [2.05, 4.69) is 41.5 Å². The predicted octanol–water partition coefficient (Wildman–Crippen LogP) is 1.10. The number of imidazole rings is 1. The van der Waals surface area contributed by atoms with Gasteiger partial charge in [0.15, 0.2) is 11.2 Å². The number of ether oxygens (including phenoxy) is 1. The minimum absolute atomic E-state index is 0.102. The van der Waals surface area contributed by atoms with Crippen molar-refractivity contribution in [1.82, 2.24) is 43.1 Å². The lowest BCUT2D eigenvalue weighted by Crippen LogP contribution is -2.27. The summed E-state index contributed by atoms with van der Waals surface area (Å²) in [6, 6.07) is 8.08. The lowest BCUT2D eigenvalue weighted by molar-refractivity contribution is -0.0432. The van der Waals surface area contributed by atoms with Crippen molar-refractivity contribution < 1.29 is 34.1 Å². The van der Waals surface area contributed by atoms with Crippen molar-refractivity contribution in [1.29, 1.82) is 0 Å². The molecule has 21 heteroatoms. The van der Waals surface area contributed by atoms with Crippen LogP contribution in [0.15, 0.2) is 66.2 Å². The third kappa shape index (κ3) is 8.12. The number of aromatic amines is 1. The van der Waals surface area contributed by atoms with Gasteiger partial charge in [-0.25, -0.2) is 4.98 Å². The van der Waals surface area contributed by atoms with Crippen LogP contribution in [0, 0.1) is 0 Å². The Morgan fingerprint density at radius 2 is 1.40 bits per heavy atom. The van der Waals surface area contributed by atoms with Gasteiger partial charge < -0.3 is 59.8 Å². The Kier molecular flexibility index (Phi) is 11.0. The van der Waals surface area contributed by atoms with E-state index in [1.165, 1.54) is 12.4 Å². The van der Waals surface area contributed by atoms with Crippen molar-refractivity contribution in [3.8, 4) is 0 Å². The van der Waals surface area contributed by atoms with Gasteiger partial charge >= 0.3 is 0 Å². The molecule has 6 aromatic heterocycles. The summed E-state index contributed by atoms with van der Waals surface area (Å²) in [6.07, 6.45) is 6.41. The van der Waals surface area contributed by atoms with E-state index in [9.17, 15) is 34.2 Å². The molecular weight excluding hydrogens is 754 g/mol. The number of amides is 4. The average molecular weight is 798 g/mol. The van der Waals surface area contributed by atoms with Gasteiger partial charge in [-0.15, -0.1) is 0 Å². The van der Waals surface area contributed by atoms with Gasteiger partial charge in [0.2, 0.25) is 5.95 Å². The number of H-pyrrole nitrogens is 1. The van der Waals surface area contributed by atoms with E-state index in [-0.39, 0.29) is 59.9 Å². The number of hydrogen-bond acceptors (Lipinski definition) is 11. The highest BCUT2D eigenvalue weighted by Crippen LogP contribution is 2.30. The van der Waals surface area contributed by atoms with Crippen LogP contribution in [0.5, 0.6) is 0 Å². The highest BCUT2D eigenvalue weighted by atomic mass is 16.5. The summed E-state index contributed by atoms with van der Waals surface area (Å²) in [5.41, 5.74) is 2.41. The van der Waals surface area contributed by atoms with Gasteiger partial charge in [-0.3, -0.25) is 33.5 Å². The van der Waals surface area contributed by atoms with Crippen LogP contribution in [0.25, 0.3) is 11.2 Å². The second-order valence-corrected chi connectivity index (χ2v) is 13.9. The predicted molar refractivity (Wildman–Crippen MR) is 211 cm³/mol. The number of hydrogen-bond donors (Lipinski definition) is 8. The standard InChI is InChI=1S/C37H43N13O8/c1-46-10-5-7-23(46)33(54)41-21-12-25(48(3)16-21)35(56)43-22-13-26(49(4)17-22)34(55)42-20-11-24(47(2)15-20)32(53)38-8-6-9-39-37-44-31-30(36(57)45-37)40-19-50(31)29-14-27(52)28(18-51)58-29/h5,7,10-13,15-17,19,27-29,51-52H,6,8-9,14,18H2,1-4H3,(H,38,53)(H,41,54)(H,42,55)(H,43,56)(H2,39,44,45,57)/t27-,28-,29-/m1/s1. The van der Waals surface area contributed by atoms with E-state index in [1.807, 2.05) is 0 Å². The Morgan fingerprint density at radius 3 is 1.93 bits per heavy atom. The minimum atomic E-state index is -0.866. The molecule has 1 aliphatic heterocycles. The summed E-state index contributed by atoms with van der Waals surface area (Å²) in [7, 11) is 6.78. The number of nitrogens with zero attached hydrogens (tertiary/aromatic N) is 7. The number of aromatic nitrogens is 8. The number of aryl methyl sites for hydroxylation is 4. The SMILES string of the molecule is Cn1cc(NC(=O)c2cc(NC(=O)c3cc(NC(=O)c4cccn4C)cn3C)cn2C)cc1C(=O)NCCCNc1nc2c(ncn2[C@H]2C[C@@H](O)[C@@H](CO)O2)c(=O)[nH]1. The smallest absolute Gasteiger partial charge is 0.280 e. The fraction of sp³-hybridized carbons (Fsp3) is 0.324. The summed E-state index contributed by atoms with van der Waals surface area (Å²) in [6.45, 7) is 0.284. The number of rotatable bonds is 14. The molecule has 0 spiro atoms. The highest BCUT2D eigenvalue weighted by Gasteiger charge is 2.35. The van der Waals surface area contributed by atoms with Crippen molar-refractivity contribution in [3.05, 3.63) is 94.6 Å². The first-order valence-corrected chi connectivity index (χ1v) is 18.3. The largest absolute Gasteiger partial charge is 0.394 e. The van der Waals surface area contributed by atoms with E-state index >= 15 is 0 Å². The summed E-state index contributed by atoms with van der Waals surface area (Å²) in [5, 5.41) is 33.8. The van der Waals surface area contributed by atoms with Gasteiger partial charge in [0.05, 0.1) is 36.1 Å². The molecule has 304 valence electrons. The Labute approximate surface area is 329 Å². The average Bonchev–Trinajstić information content (AvgIpc) is 4.04. The first-order chi connectivity index (χ1) is 27.8. The zero-order valence-electron chi connectivity index (χ0n) is 32.0. The van der Waals surface area contributed by atoms with Crippen molar-refractivity contribution in [2.75, 3.05) is 41.0 Å². The third-order valence-corrected chi connectivity index (χ3v) is 9.72. The fourth-order valence-corrected chi connectivity index (χ4v) is 6.72. The second kappa shape index (κ2) is 16.3. The quantitative estimate of drug-likeness (QED) is 0.0724. The van der Waals surface area contributed by atoms with E-state index in [1.54, 1.807) is 100 Å². The number of aliphatic hydroxyl groups excluding tert-OH is 2. The first-order valence-electron chi connectivity index (χ1n) is 18.3. The maximum absolute atomic E-state index is 13.3. The van der Waals surface area contributed by atoms with Gasteiger partial charge in [-0.1, -0.05) is 0 Å². The molecule has 58 heavy (non-hydrogen) atoms. The molecule has 0 saturated carbocycles. The number of carbonyl (C=O) groups is 4. The van der Waals surface area contributed by atoms with Crippen LogP contribution in [0.4, 0.5) is 23.0 Å². The lowest BCUT2D eigenvalue weighted by atomic mass is 10.2. The van der Waals surface area contributed by atoms with Crippen LogP contribution in [0.1, 0.15) is 61.0 Å². The van der Waals surface area contributed by atoms with Crippen molar-refractivity contribution in [2.24, 2.45) is 28.2 Å². The topological polar surface area (TPSA) is 261 Å². The van der Waals surface area contributed by atoms with Crippen molar-refractivity contribution in [3.63, 3.8) is 0 Å². The Hall–Kier alpha value is -6.97. The van der Waals surface area contributed by atoms with Crippen molar-refractivity contribution >= 4 is 57.8 Å². The maximum atomic E-state index is 13.3. The molecule has 0 aliphatic carbocycles. The fourth-order valence-electron chi connectivity index (χ4n) is 6.72. The third-order valence-electron chi connectivity index (χ3n) is 9.72. The molecule has 21 nitrogen and oxygen atoms in total. The molecule has 0 aromatic carbocycles. The monoisotopic (exact) mass is 797 g/mol. The van der Waals surface area contributed by atoms with Crippen LogP contribution in [-0.2, 0) is 32.9 Å². The van der Waals surface area contributed by atoms with Gasteiger partial charge in [-0.2, -0.15) is 4.98 Å². The van der Waals surface area contributed by atoms with Gasteiger partial charge in [0.25, 0.3) is 29.2 Å². The molecule has 1 aliphatic rings. The number of anilines is 4. The summed E-state index contributed by atoms with van der Waals surface area (Å²) in [4.78, 5) is 76.0. The summed E-state index contributed by atoms with van der Waals surface area (Å²) >= 11 is 0. The van der Waals surface area contributed by atoms with Crippen LogP contribution in [0.3, 0.4) is 0 Å². The van der Waals surface area contributed by atoms with Crippen LogP contribution < -0.4 is 32.1 Å². The van der Waals surface area contributed by atoms with Crippen molar-refractivity contribution in [2.45, 2.75) is 31.3 Å². The molecule has 7 heterocycles. The summed E-state index contributed by atoms with van der Waals surface area (Å²) < 4.78 is 13.7.